The number of fused-ring (bicyclic) bond motifs is 2. The number of aromatic hydroxyl groups is 1. The molecule has 0 bridgehead atoms. The van der Waals surface area contributed by atoms with Gasteiger partial charge in [-0.25, -0.2) is 0 Å². The normalized spacial score (nSPS) is 11.9. The Bertz CT molecular complexity index is 1860. The van der Waals surface area contributed by atoms with Gasteiger partial charge in [-0.05, 0) is 41.8 Å². The van der Waals surface area contributed by atoms with Crippen LogP contribution in [0.25, 0.3) is 21.5 Å². The Morgan fingerprint density at radius 2 is 1.44 bits per heavy atom. The summed E-state index contributed by atoms with van der Waals surface area (Å²) in [4.78, 5) is -0.809. The van der Waals surface area contributed by atoms with Gasteiger partial charge in [0, 0.05) is 22.5 Å². The van der Waals surface area contributed by atoms with Gasteiger partial charge in [0.2, 0.25) is 0 Å². The molecule has 0 aliphatic heterocycles. The molecule has 0 saturated carbocycles. The molecule has 16 heteroatoms. The van der Waals surface area contributed by atoms with Crippen LogP contribution in [-0.4, -0.2) is 43.7 Å². The summed E-state index contributed by atoms with van der Waals surface area (Å²) in [7, 11) is -12.1. The van der Waals surface area contributed by atoms with E-state index in [1.54, 1.807) is 18.2 Å². The van der Waals surface area contributed by atoms with Crippen LogP contribution in [-0.2, 0) is 30.8 Å². The minimum absolute atomic E-state index is 0.112. The van der Waals surface area contributed by atoms with E-state index < -0.39 is 41.5 Å². The molecule has 0 spiro atoms. The van der Waals surface area contributed by atoms with Gasteiger partial charge >= 0.3 is 10.6 Å². The van der Waals surface area contributed by atoms with Crippen molar-refractivity contribution in [3.8, 4) is 5.75 Å². The summed E-state index contributed by atoms with van der Waals surface area (Å²) < 4.78 is 90.2. The molecule has 0 radical (unpaired) electrons. The van der Waals surface area contributed by atoms with Crippen molar-refractivity contribution < 1.29 is 43.7 Å². The maximum atomic E-state index is 11.7. The van der Waals surface area contributed by atoms with Crippen LogP contribution in [0.2, 0.25) is 0 Å². The quantitative estimate of drug-likeness (QED) is 0.163. The number of phenolic OH excluding ortho intramolecular Hbond substituents is 1. The van der Waals surface area contributed by atoms with Crippen molar-refractivity contribution in [3.63, 3.8) is 0 Å². The van der Waals surface area contributed by atoms with E-state index in [4.69, 9.17) is 18.4 Å². The van der Waals surface area contributed by atoms with Crippen LogP contribution in [0, 0.1) is 0 Å². The predicted octanol–water partition coefficient (Wildman–Crippen LogP) is 3.19. The zero-order valence-corrected chi connectivity index (χ0v) is 20.1. The van der Waals surface area contributed by atoms with Crippen LogP contribution in [0.15, 0.2) is 80.7 Å². The first-order chi connectivity index (χ1) is 16.7. The van der Waals surface area contributed by atoms with E-state index in [-0.39, 0.29) is 38.1 Å². The number of nitrogen functional groups attached to an aromatic ring is 1. The second-order valence-electron chi connectivity index (χ2n) is 7.05. The molecule has 0 unspecified atom stereocenters. The fraction of sp³-hybridized carbons (Fsp3) is 0. The van der Waals surface area contributed by atoms with Crippen molar-refractivity contribution in [2.75, 3.05) is 5.73 Å². The highest BCUT2D eigenvalue weighted by Crippen LogP contribution is 2.39. The lowest BCUT2D eigenvalue weighted by molar-refractivity contribution is 0.471. The molecule has 0 atom stereocenters. The van der Waals surface area contributed by atoms with Crippen LogP contribution in [0.3, 0.4) is 0 Å². The van der Waals surface area contributed by atoms with E-state index in [2.05, 4.69) is 10.2 Å². The van der Waals surface area contributed by atoms with Gasteiger partial charge in [-0.2, -0.15) is 21.9 Å². The molecule has 4 aromatic rings. The van der Waals surface area contributed by atoms with Gasteiger partial charge in [-0.3, -0.25) is 9.11 Å². The molecule has 0 aliphatic rings. The first kappa shape index (κ1) is 26.6. The number of nitrogens with two attached hydrogens (primary N) is 1. The molecule has 4 rings (SSSR count). The molecule has 36 heavy (non-hydrogen) atoms. The monoisotopic (exact) mass is 553 g/mol. The molecule has 188 valence electrons. The second-order valence-corrected chi connectivity index (χ2v) is 10.3. The predicted molar refractivity (Wildman–Crippen MR) is 127 cm³/mol. The third kappa shape index (κ3) is 5.99. The van der Waals surface area contributed by atoms with Gasteiger partial charge in [0.1, 0.15) is 10.6 Å². The smallest absolute Gasteiger partial charge is 0.425 e. The molecule has 13 nitrogen and oxygen atoms in total. The average Bonchev–Trinajstić information content (AvgIpc) is 2.76. The highest BCUT2D eigenvalue weighted by Gasteiger charge is 2.17. The zero-order chi connectivity index (χ0) is 26.8. The minimum atomic E-state index is -4.58. The van der Waals surface area contributed by atoms with Crippen LogP contribution in [0.5, 0.6) is 5.75 Å². The SMILES string of the molecule is Nc1ccc(N=Nc2ccc3cccc(S(=O)(=O)O)c3c2)c2c(O)cc(S(=O)(=O)O)cc12.O=S(=O)=O. The van der Waals surface area contributed by atoms with Crippen molar-refractivity contribution >= 4 is 69.5 Å². The summed E-state index contributed by atoms with van der Waals surface area (Å²) in [5.74, 6) is -0.483. The largest absolute Gasteiger partial charge is 0.507 e. The van der Waals surface area contributed by atoms with Gasteiger partial charge in [0.15, 0.2) is 0 Å². The molecule has 0 aliphatic carbocycles. The lowest BCUT2D eigenvalue weighted by atomic mass is 10.1. The summed E-state index contributed by atoms with van der Waals surface area (Å²) in [5, 5.41) is 19.6. The van der Waals surface area contributed by atoms with Crippen LogP contribution >= 0.6 is 0 Å². The van der Waals surface area contributed by atoms with Crippen LogP contribution in [0.4, 0.5) is 17.1 Å². The maximum absolute atomic E-state index is 11.7. The highest BCUT2D eigenvalue weighted by atomic mass is 32.2. The summed E-state index contributed by atoms with van der Waals surface area (Å²) in [5.41, 5.74) is 6.44. The Morgan fingerprint density at radius 1 is 0.778 bits per heavy atom. The molecular formula is C20H15N3O10S3. The summed E-state index contributed by atoms with van der Waals surface area (Å²) in [6.45, 7) is 0. The third-order valence-electron chi connectivity index (χ3n) is 4.75. The van der Waals surface area contributed by atoms with E-state index in [0.717, 1.165) is 12.1 Å². The number of benzene rings is 4. The fourth-order valence-corrected chi connectivity index (χ4v) is 4.54. The van der Waals surface area contributed by atoms with E-state index in [1.165, 1.54) is 30.3 Å². The number of nitrogens with zero attached hydrogens (tertiary/aromatic N) is 2. The minimum Gasteiger partial charge on any atom is -0.507 e. The molecule has 0 heterocycles. The van der Waals surface area contributed by atoms with Gasteiger partial charge in [0.25, 0.3) is 20.2 Å². The number of phenols is 1. The van der Waals surface area contributed by atoms with Crippen molar-refractivity contribution in [3.05, 3.63) is 60.7 Å². The van der Waals surface area contributed by atoms with E-state index in [0.29, 0.717) is 5.39 Å². The van der Waals surface area contributed by atoms with Crippen molar-refractivity contribution in [1.82, 2.24) is 0 Å². The molecule has 0 aromatic heterocycles. The van der Waals surface area contributed by atoms with Crippen LogP contribution < -0.4 is 5.73 Å². The number of hydrogen-bond acceptors (Lipinski definition) is 11. The van der Waals surface area contributed by atoms with Gasteiger partial charge < -0.3 is 10.8 Å². The summed E-state index contributed by atoms with van der Waals surface area (Å²) >= 11 is 0. The average molecular weight is 554 g/mol. The van der Waals surface area contributed by atoms with Crippen LogP contribution in [0.1, 0.15) is 0 Å². The Hall–Kier alpha value is -3.96. The first-order valence-corrected chi connectivity index (χ1v) is 13.3. The second kappa shape index (κ2) is 9.96. The number of hydrogen-bond donors (Lipinski definition) is 4. The van der Waals surface area contributed by atoms with Crippen molar-refractivity contribution in [2.45, 2.75) is 9.79 Å². The van der Waals surface area contributed by atoms with Crippen molar-refractivity contribution in [2.24, 2.45) is 10.2 Å². The number of anilines is 1. The topological polar surface area (TPSA) is 231 Å². The Balaban J connectivity index is 0.000000840. The molecule has 0 amide bonds. The molecular weight excluding hydrogens is 538 g/mol. The fourth-order valence-electron chi connectivity index (χ4n) is 3.30. The van der Waals surface area contributed by atoms with Crippen molar-refractivity contribution in [1.29, 1.82) is 0 Å². The Kier molecular flexibility index (Phi) is 7.37. The van der Waals surface area contributed by atoms with Gasteiger partial charge in [-0.15, -0.1) is 17.7 Å². The summed E-state index contributed by atoms with van der Waals surface area (Å²) in [6, 6.07) is 13.9. The number of rotatable bonds is 4. The van der Waals surface area contributed by atoms with Gasteiger partial charge in [0.05, 0.1) is 21.7 Å². The number of azo groups is 1. The van der Waals surface area contributed by atoms with E-state index in [1.807, 2.05) is 0 Å². The Labute approximate surface area is 205 Å². The third-order valence-corrected chi connectivity index (χ3v) is 6.50. The zero-order valence-electron chi connectivity index (χ0n) is 17.7. The molecule has 0 fully saturated rings. The van der Waals surface area contributed by atoms with E-state index in [9.17, 15) is 31.0 Å². The first-order valence-electron chi connectivity index (χ1n) is 9.40. The highest BCUT2D eigenvalue weighted by molar-refractivity contribution is 7.86. The Morgan fingerprint density at radius 3 is 2.06 bits per heavy atom. The molecule has 5 N–H and O–H groups in total. The molecule has 4 aromatic carbocycles. The van der Waals surface area contributed by atoms with E-state index >= 15 is 0 Å². The summed E-state index contributed by atoms with van der Waals surface area (Å²) in [6.07, 6.45) is 0. The van der Waals surface area contributed by atoms with Gasteiger partial charge in [-0.1, -0.05) is 18.2 Å². The molecule has 0 saturated heterocycles. The lowest BCUT2D eigenvalue weighted by Crippen LogP contribution is -1.98. The maximum Gasteiger partial charge on any atom is 0.425 e. The lowest BCUT2D eigenvalue weighted by Gasteiger charge is -2.09. The standard InChI is InChI=1S/C20H15N3O7S2.O3S/c21-16-6-7-17(20-15(16)9-13(10-18(20)24)31(25,26)27)23-22-12-5-4-11-2-1-3-19(14(11)8-12)32(28,29)30;1-4(2)3/h1-10,24H,21H2,(H,25,26,27)(H,28,29,30);.